The van der Waals surface area contributed by atoms with Crippen LogP contribution in [-0.4, -0.2) is 61.3 Å². The summed E-state index contributed by atoms with van der Waals surface area (Å²) in [5.41, 5.74) is 1.05. The van der Waals surface area contributed by atoms with Crippen molar-refractivity contribution in [1.29, 1.82) is 0 Å². The average molecular weight is 399 g/mol. The highest BCUT2D eigenvalue weighted by molar-refractivity contribution is 7.99. The molecule has 150 valence electrons. The lowest BCUT2D eigenvalue weighted by molar-refractivity contribution is -0.120. The van der Waals surface area contributed by atoms with E-state index in [9.17, 15) is 14.3 Å². The number of nitrogens with zero attached hydrogens (tertiary/aromatic N) is 2. The van der Waals surface area contributed by atoms with Crippen molar-refractivity contribution >= 4 is 29.2 Å². The van der Waals surface area contributed by atoms with Crippen LogP contribution in [0.15, 0.2) is 18.2 Å². The lowest BCUT2D eigenvalue weighted by Crippen LogP contribution is -2.28. The minimum Gasteiger partial charge on any atom is -0.441 e. The highest BCUT2D eigenvalue weighted by Gasteiger charge is 2.33. The molecule has 0 saturated carbocycles. The van der Waals surface area contributed by atoms with Gasteiger partial charge in [-0.3, -0.25) is 4.90 Å². The normalized spacial score (nSPS) is 21.9. The number of aliphatic hydroxyl groups excluding tert-OH is 1. The monoisotopic (exact) mass is 398 g/mol. The topological polar surface area (TPSA) is 62.2 Å². The minimum atomic E-state index is -0.855. The van der Waals surface area contributed by atoms with Crippen molar-refractivity contribution in [3.8, 4) is 0 Å². The molecule has 1 aromatic rings. The number of carbonyl (C=O) groups is 1. The third kappa shape index (κ3) is 5.27. The third-order valence-corrected chi connectivity index (χ3v) is 5.74. The van der Waals surface area contributed by atoms with E-state index in [0.717, 1.165) is 37.4 Å². The molecule has 2 heterocycles. The molecule has 2 aliphatic heterocycles. The Morgan fingerprint density at radius 3 is 3.04 bits per heavy atom. The standard InChI is InChI=1S/C19H27FN2O4S/c1-2-4-18(23)25-13-15-12-22(19(24)26-15)14-5-6-17(16(20)11-14)21-7-3-9-27-10-8-21/h5-6,11,15,18,23H,2-4,7-10,12-13H2,1H3/t15-,18?/m1/s1. The second-order valence-electron chi connectivity index (χ2n) is 6.78. The number of anilines is 2. The van der Waals surface area contributed by atoms with E-state index >= 15 is 0 Å². The van der Waals surface area contributed by atoms with Gasteiger partial charge in [-0.05, 0) is 36.8 Å². The molecule has 0 spiro atoms. The number of hydrogen-bond donors (Lipinski definition) is 1. The highest BCUT2D eigenvalue weighted by atomic mass is 32.2. The fourth-order valence-corrected chi connectivity index (χ4v) is 4.16. The van der Waals surface area contributed by atoms with Crippen LogP contribution in [0.25, 0.3) is 0 Å². The number of halogens is 1. The maximum atomic E-state index is 14.7. The molecule has 3 rings (SSSR count). The van der Waals surface area contributed by atoms with Gasteiger partial charge in [0.15, 0.2) is 6.29 Å². The predicted molar refractivity (Wildman–Crippen MR) is 105 cm³/mol. The van der Waals surface area contributed by atoms with E-state index in [0.29, 0.717) is 17.8 Å². The van der Waals surface area contributed by atoms with Crippen LogP contribution in [0.1, 0.15) is 26.2 Å². The number of benzene rings is 1. The molecule has 2 saturated heterocycles. The number of aliphatic hydroxyl groups is 1. The molecule has 6 nitrogen and oxygen atoms in total. The number of amides is 1. The Morgan fingerprint density at radius 1 is 1.41 bits per heavy atom. The van der Waals surface area contributed by atoms with Crippen molar-refractivity contribution in [1.82, 2.24) is 0 Å². The summed E-state index contributed by atoms with van der Waals surface area (Å²) in [6, 6.07) is 4.89. The van der Waals surface area contributed by atoms with Crippen molar-refractivity contribution < 1.29 is 23.8 Å². The van der Waals surface area contributed by atoms with Gasteiger partial charge in [-0.2, -0.15) is 11.8 Å². The van der Waals surface area contributed by atoms with E-state index in [2.05, 4.69) is 4.90 Å². The van der Waals surface area contributed by atoms with E-state index < -0.39 is 18.5 Å². The van der Waals surface area contributed by atoms with Crippen LogP contribution in [-0.2, 0) is 9.47 Å². The Hall–Kier alpha value is -1.51. The zero-order valence-electron chi connectivity index (χ0n) is 15.6. The quantitative estimate of drug-likeness (QED) is 0.712. The number of rotatable bonds is 7. The van der Waals surface area contributed by atoms with Crippen LogP contribution in [0.3, 0.4) is 0 Å². The summed E-state index contributed by atoms with van der Waals surface area (Å²) >= 11 is 1.89. The Kier molecular flexibility index (Phi) is 7.20. The van der Waals surface area contributed by atoms with E-state index in [4.69, 9.17) is 9.47 Å². The number of ether oxygens (including phenoxy) is 2. The van der Waals surface area contributed by atoms with Crippen molar-refractivity contribution in [2.45, 2.75) is 38.6 Å². The molecule has 0 radical (unpaired) electrons. The molecule has 2 fully saturated rings. The highest BCUT2D eigenvalue weighted by Crippen LogP contribution is 2.29. The summed E-state index contributed by atoms with van der Waals surface area (Å²) in [4.78, 5) is 15.6. The summed E-state index contributed by atoms with van der Waals surface area (Å²) in [5.74, 6) is 1.77. The minimum absolute atomic E-state index is 0.120. The lowest BCUT2D eigenvalue weighted by atomic mass is 10.2. The molecule has 1 aromatic carbocycles. The maximum absolute atomic E-state index is 14.7. The fourth-order valence-electron chi connectivity index (χ4n) is 3.28. The van der Waals surface area contributed by atoms with E-state index in [-0.39, 0.29) is 19.0 Å². The van der Waals surface area contributed by atoms with Crippen molar-refractivity contribution in [2.75, 3.05) is 47.5 Å². The second kappa shape index (κ2) is 9.61. The Bertz CT molecular complexity index is 640. The summed E-state index contributed by atoms with van der Waals surface area (Å²) in [5, 5.41) is 9.64. The van der Waals surface area contributed by atoms with Gasteiger partial charge in [0.05, 0.1) is 24.5 Å². The van der Waals surface area contributed by atoms with Gasteiger partial charge >= 0.3 is 6.09 Å². The van der Waals surface area contributed by atoms with Gasteiger partial charge in [0.2, 0.25) is 0 Å². The molecule has 1 amide bonds. The molecule has 1 N–H and O–H groups in total. The van der Waals surface area contributed by atoms with Crippen LogP contribution >= 0.6 is 11.8 Å². The molecule has 0 bridgehead atoms. The van der Waals surface area contributed by atoms with Crippen LogP contribution in [0.2, 0.25) is 0 Å². The number of hydrogen-bond acceptors (Lipinski definition) is 6. The Balaban J connectivity index is 1.62. The molecular formula is C19H27FN2O4S. The smallest absolute Gasteiger partial charge is 0.414 e. The Morgan fingerprint density at radius 2 is 2.26 bits per heavy atom. The zero-order valence-corrected chi connectivity index (χ0v) is 16.4. The zero-order chi connectivity index (χ0) is 19.2. The van der Waals surface area contributed by atoms with Crippen molar-refractivity contribution in [2.24, 2.45) is 0 Å². The first-order valence-electron chi connectivity index (χ1n) is 9.48. The molecule has 27 heavy (non-hydrogen) atoms. The van der Waals surface area contributed by atoms with Gasteiger partial charge in [0.1, 0.15) is 11.9 Å². The number of thioether (sulfide) groups is 1. The van der Waals surface area contributed by atoms with Gasteiger partial charge < -0.3 is 19.5 Å². The third-order valence-electron chi connectivity index (χ3n) is 4.69. The molecule has 1 unspecified atom stereocenters. The number of carbonyl (C=O) groups excluding carboxylic acids is 1. The van der Waals surface area contributed by atoms with Gasteiger partial charge in [-0.15, -0.1) is 0 Å². The van der Waals surface area contributed by atoms with Crippen molar-refractivity contribution in [3.63, 3.8) is 0 Å². The largest absolute Gasteiger partial charge is 0.441 e. The van der Waals surface area contributed by atoms with Gasteiger partial charge in [-0.25, -0.2) is 9.18 Å². The molecule has 0 aromatic heterocycles. The second-order valence-corrected chi connectivity index (χ2v) is 8.01. The van der Waals surface area contributed by atoms with Crippen LogP contribution in [0.4, 0.5) is 20.6 Å². The van der Waals surface area contributed by atoms with Crippen molar-refractivity contribution in [3.05, 3.63) is 24.0 Å². The van der Waals surface area contributed by atoms with Gasteiger partial charge in [0.25, 0.3) is 0 Å². The van der Waals surface area contributed by atoms with E-state index in [1.165, 1.54) is 11.0 Å². The van der Waals surface area contributed by atoms with Gasteiger partial charge in [0, 0.05) is 18.8 Å². The van der Waals surface area contributed by atoms with E-state index in [1.54, 1.807) is 12.1 Å². The molecule has 8 heteroatoms. The van der Waals surface area contributed by atoms with Gasteiger partial charge in [-0.1, -0.05) is 13.3 Å². The summed E-state index contributed by atoms with van der Waals surface area (Å²) < 4.78 is 25.3. The lowest BCUT2D eigenvalue weighted by Gasteiger charge is -2.24. The van der Waals surface area contributed by atoms with E-state index in [1.807, 2.05) is 18.7 Å². The summed E-state index contributed by atoms with van der Waals surface area (Å²) in [6.45, 7) is 4.01. The molecular weight excluding hydrogens is 371 g/mol. The van der Waals surface area contributed by atoms with Crippen LogP contribution < -0.4 is 9.80 Å². The molecule has 2 aliphatic rings. The van der Waals surface area contributed by atoms with Crippen LogP contribution in [0.5, 0.6) is 0 Å². The first-order valence-corrected chi connectivity index (χ1v) is 10.6. The summed E-state index contributed by atoms with van der Waals surface area (Å²) in [6.07, 6.45) is 0.522. The SMILES string of the molecule is CCCC(O)OC[C@H]1CN(c2ccc(N3CCCSCC3)c(F)c2)C(=O)O1. The first-order chi connectivity index (χ1) is 13.1. The first kappa shape index (κ1) is 20.2. The van der Waals surface area contributed by atoms with Crippen LogP contribution in [0, 0.1) is 5.82 Å². The maximum Gasteiger partial charge on any atom is 0.414 e. The molecule has 2 atom stereocenters. The summed E-state index contributed by atoms with van der Waals surface area (Å²) in [7, 11) is 0. The average Bonchev–Trinajstić information content (AvgIpc) is 2.83. The fraction of sp³-hybridized carbons (Fsp3) is 0.632. The predicted octanol–water partition coefficient (Wildman–Crippen LogP) is 3.23. The Labute approximate surface area is 163 Å². The molecule has 0 aliphatic carbocycles. The number of cyclic esters (lactones) is 1.